The van der Waals surface area contributed by atoms with Gasteiger partial charge in [0.05, 0.1) is 23.3 Å². The van der Waals surface area contributed by atoms with Gasteiger partial charge in [-0.15, -0.1) is 0 Å². The number of anilines is 2. The maximum Gasteiger partial charge on any atom is 0.338 e. The van der Waals surface area contributed by atoms with E-state index >= 15 is 0 Å². The SMILES string of the molecule is CCN(c1ccccc1)S(=O)(=O)c1cc(C(=O)OCC(=O)Nc2cccc(OC)c2)ccc1C. The Morgan fingerprint density at radius 2 is 1.71 bits per heavy atom. The lowest BCUT2D eigenvalue weighted by atomic mass is 10.1. The summed E-state index contributed by atoms with van der Waals surface area (Å²) in [7, 11) is -2.42. The number of ether oxygens (including phenoxy) is 2. The van der Waals surface area contributed by atoms with Gasteiger partial charge in [0.25, 0.3) is 15.9 Å². The zero-order valence-electron chi connectivity index (χ0n) is 19.1. The lowest BCUT2D eigenvalue weighted by Crippen LogP contribution is -2.31. The molecule has 0 heterocycles. The lowest BCUT2D eigenvalue weighted by Gasteiger charge is -2.24. The van der Waals surface area contributed by atoms with Gasteiger partial charge in [0.2, 0.25) is 0 Å². The molecule has 0 aromatic heterocycles. The van der Waals surface area contributed by atoms with Crippen LogP contribution in [0.1, 0.15) is 22.8 Å². The van der Waals surface area contributed by atoms with Crippen LogP contribution in [0.25, 0.3) is 0 Å². The number of hydrogen-bond donors (Lipinski definition) is 1. The van der Waals surface area contributed by atoms with Gasteiger partial charge in [-0.25, -0.2) is 13.2 Å². The molecule has 0 saturated carbocycles. The van der Waals surface area contributed by atoms with Crippen molar-refractivity contribution < 1.29 is 27.5 Å². The molecular formula is C25H26N2O6S. The van der Waals surface area contributed by atoms with Crippen molar-refractivity contribution in [2.45, 2.75) is 18.7 Å². The van der Waals surface area contributed by atoms with Crippen LogP contribution in [0.2, 0.25) is 0 Å². The number of nitrogens with zero attached hydrogens (tertiary/aromatic N) is 1. The third-order valence-corrected chi connectivity index (χ3v) is 7.06. The normalized spacial score (nSPS) is 10.9. The molecule has 0 bridgehead atoms. The first kappa shape index (κ1) is 24.8. The Morgan fingerprint density at radius 1 is 0.971 bits per heavy atom. The molecule has 178 valence electrons. The van der Waals surface area contributed by atoms with E-state index in [9.17, 15) is 18.0 Å². The number of carbonyl (C=O) groups excluding carboxylic acids is 2. The molecule has 3 aromatic rings. The highest BCUT2D eigenvalue weighted by Crippen LogP contribution is 2.26. The quantitative estimate of drug-likeness (QED) is 0.462. The van der Waals surface area contributed by atoms with E-state index in [2.05, 4.69) is 5.32 Å². The van der Waals surface area contributed by atoms with Gasteiger partial charge in [-0.1, -0.05) is 30.3 Å². The monoisotopic (exact) mass is 482 g/mol. The topological polar surface area (TPSA) is 102 Å². The second-order valence-corrected chi connectivity index (χ2v) is 9.17. The van der Waals surface area contributed by atoms with Gasteiger partial charge in [0.15, 0.2) is 6.61 Å². The smallest absolute Gasteiger partial charge is 0.338 e. The number of amides is 1. The summed E-state index contributed by atoms with van der Waals surface area (Å²) in [5.41, 5.74) is 1.53. The number of benzene rings is 3. The zero-order valence-corrected chi connectivity index (χ0v) is 20.0. The van der Waals surface area contributed by atoms with Crippen LogP contribution in [-0.4, -0.2) is 40.6 Å². The first-order valence-electron chi connectivity index (χ1n) is 10.6. The number of rotatable bonds is 9. The van der Waals surface area contributed by atoms with Crippen LogP contribution >= 0.6 is 0 Å². The molecule has 0 spiro atoms. The fourth-order valence-electron chi connectivity index (χ4n) is 3.32. The molecule has 9 heteroatoms. The maximum atomic E-state index is 13.4. The van der Waals surface area contributed by atoms with Crippen LogP contribution in [0.15, 0.2) is 77.7 Å². The minimum Gasteiger partial charge on any atom is -0.497 e. The predicted molar refractivity (Wildman–Crippen MR) is 130 cm³/mol. The summed E-state index contributed by atoms with van der Waals surface area (Å²) in [6, 6.07) is 19.7. The molecule has 0 aliphatic rings. The Kier molecular flexibility index (Phi) is 7.91. The van der Waals surface area contributed by atoms with Gasteiger partial charge in [0, 0.05) is 18.3 Å². The highest BCUT2D eigenvalue weighted by atomic mass is 32.2. The summed E-state index contributed by atoms with van der Waals surface area (Å²) in [4.78, 5) is 24.7. The highest BCUT2D eigenvalue weighted by molar-refractivity contribution is 7.92. The van der Waals surface area contributed by atoms with Crippen LogP contribution < -0.4 is 14.4 Å². The second kappa shape index (κ2) is 10.8. The Hall–Kier alpha value is -3.85. The Balaban J connectivity index is 1.74. The number of carbonyl (C=O) groups is 2. The van der Waals surface area contributed by atoms with Crippen LogP contribution in [0.3, 0.4) is 0 Å². The van der Waals surface area contributed by atoms with Gasteiger partial charge >= 0.3 is 5.97 Å². The molecule has 0 unspecified atom stereocenters. The number of hydrogen-bond acceptors (Lipinski definition) is 6. The van der Waals surface area contributed by atoms with E-state index < -0.39 is 28.5 Å². The molecule has 0 saturated heterocycles. The second-order valence-electron chi connectivity index (χ2n) is 7.34. The molecule has 34 heavy (non-hydrogen) atoms. The zero-order chi connectivity index (χ0) is 24.7. The lowest BCUT2D eigenvalue weighted by molar-refractivity contribution is -0.119. The fraction of sp³-hybridized carbons (Fsp3) is 0.200. The van der Waals surface area contributed by atoms with Crippen molar-refractivity contribution >= 4 is 33.3 Å². The summed E-state index contributed by atoms with van der Waals surface area (Å²) in [6.07, 6.45) is 0. The average Bonchev–Trinajstić information content (AvgIpc) is 2.83. The molecule has 3 rings (SSSR count). The molecular weight excluding hydrogens is 456 g/mol. The standard InChI is InChI=1S/C25H26N2O6S/c1-4-27(21-10-6-5-7-11-21)34(30,31)23-15-19(14-13-18(23)2)25(29)33-17-24(28)26-20-9-8-12-22(16-20)32-3/h5-16H,4,17H2,1-3H3,(H,26,28). The number of para-hydroxylation sites is 1. The van der Waals surface area contributed by atoms with Crippen molar-refractivity contribution in [2.75, 3.05) is 29.9 Å². The summed E-state index contributed by atoms with van der Waals surface area (Å²) in [6.45, 7) is 3.07. The summed E-state index contributed by atoms with van der Waals surface area (Å²) < 4.78 is 38.2. The number of methoxy groups -OCH3 is 1. The van der Waals surface area contributed by atoms with Crippen LogP contribution in [0.4, 0.5) is 11.4 Å². The minimum absolute atomic E-state index is 0.00603. The van der Waals surface area contributed by atoms with Crippen molar-refractivity contribution in [1.29, 1.82) is 0 Å². The van der Waals surface area contributed by atoms with Crippen molar-refractivity contribution in [1.82, 2.24) is 0 Å². The average molecular weight is 483 g/mol. The third-order valence-electron chi connectivity index (χ3n) is 5.01. The maximum absolute atomic E-state index is 13.4. The van der Waals surface area contributed by atoms with E-state index in [1.54, 1.807) is 74.5 Å². The number of esters is 1. The Labute approximate surface area is 199 Å². The van der Waals surface area contributed by atoms with Gasteiger partial charge in [-0.3, -0.25) is 9.10 Å². The van der Waals surface area contributed by atoms with Gasteiger partial charge in [-0.2, -0.15) is 0 Å². The summed E-state index contributed by atoms with van der Waals surface area (Å²) in [5, 5.41) is 2.61. The van der Waals surface area contributed by atoms with Crippen molar-refractivity contribution in [3.63, 3.8) is 0 Å². The molecule has 0 aliphatic carbocycles. The van der Waals surface area contributed by atoms with E-state index in [-0.39, 0.29) is 17.0 Å². The first-order chi connectivity index (χ1) is 16.3. The van der Waals surface area contributed by atoms with Crippen LogP contribution in [0, 0.1) is 6.92 Å². The summed E-state index contributed by atoms with van der Waals surface area (Å²) in [5.74, 6) is -0.775. The molecule has 0 aliphatic heterocycles. The van der Waals surface area contributed by atoms with Gasteiger partial charge in [-0.05, 0) is 55.8 Å². The Morgan fingerprint density at radius 3 is 2.38 bits per heavy atom. The van der Waals surface area contributed by atoms with Crippen molar-refractivity contribution in [3.8, 4) is 5.75 Å². The predicted octanol–water partition coefficient (Wildman–Crippen LogP) is 4.01. The molecule has 3 aromatic carbocycles. The molecule has 8 nitrogen and oxygen atoms in total. The van der Waals surface area contributed by atoms with Gasteiger partial charge < -0.3 is 14.8 Å². The number of aryl methyl sites for hydroxylation is 1. The van der Waals surface area contributed by atoms with Crippen molar-refractivity contribution in [2.24, 2.45) is 0 Å². The molecule has 0 radical (unpaired) electrons. The minimum atomic E-state index is -3.94. The number of nitrogens with one attached hydrogen (secondary N) is 1. The fourth-order valence-corrected chi connectivity index (χ4v) is 5.05. The van der Waals surface area contributed by atoms with E-state index in [4.69, 9.17) is 9.47 Å². The van der Waals surface area contributed by atoms with E-state index in [0.717, 1.165) is 0 Å². The summed E-state index contributed by atoms with van der Waals surface area (Å²) >= 11 is 0. The largest absolute Gasteiger partial charge is 0.497 e. The van der Waals surface area contributed by atoms with Crippen molar-refractivity contribution in [3.05, 3.63) is 83.9 Å². The van der Waals surface area contributed by atoms with Crippen LogP contribution in [-0.2, 0) is 19.6 Å². The number of sulfonamides is 1. The van der Waals surface area contributed by atoms with E-state index in [1.165, 1.54) is 23.5 Å². The highest BCUT2D eigenvalue weighted by Gasteiger charge is 2.26. The van der Waals surface area contributed by atoms with E-state index in [0.29, 0.717) is 22.7 Å². The Bertz CT molecular complexity index is 1280. The molecule has 0 fully saturated rings. The van der Waals surface area contributed by atoms with Crippen LogP contribution in [0.5, 0.6) is 5.75 Å². The third kappa shape index (κ3) is 5.74. The molecule has 1 amide bonds. The molecule has 0 atom stereocenters. The first-order valence-corrected chi connectivity index (χ1v) is 12.0. The van der Waals surface area contributed by atoms with E-state index in [1.807, 2.05) is 0 Å². The molecule has 1 N–H and O–H groups in total. The van der Waals surface area contributed by atoms with Gasteiger partial charge in [0.1, 0.15) is 5.75 Å².